The lowest BCUT2D eigenvalue weighted by Gasteiger charge is -2.15. The Balaban J connectivity index is 2.62. The minimum atomic E-state index is -0.289. The van der Waals surface area contributed by atoms with E-state index in [1.54, 1.807) is 45.2 Å². The number of amides is 3. The number of carbonyl (C=O) groups is 2. The molecular formula is C13H20N4O2. The maximum atomic E-state index is 11.8. The van der Waals surface area contributed by atoms with Gasteiger partial charge in [-0.2, -0.15) is 0 Å². The molecule has 0 saturated carbocycles. The van der Waals surface area contributed by atoms with Crippen molar-refractivity contribution in [2.75, 3.05) is 17.7 Å². The molecule has 0 saturated heterocycles. The van der Waals surface area contributed by atoms with Crippen LogP contribution < -0.4 is 21.7 Å². The Morgan fingerprint density at radius 2 is 1.53 bits per heavy atom. The van der Waals surface area contributed by atoms with E-state index in [2.05, 4.69) is 16.0 Å². The van der Waals surface area contributed by atoms with Gasteiger partial charge < -0.3 is 21.7 Å². The first-order valence-corrected chi connectivity index (χ1v) is 6.09. The highest BCUT2D eigenvalue weighted by Gasteiger charge is 2.16. The zero-order valence-electron chi connectivity index (χ0n) is 11.4. The van der Waals surface area contributed by atoms with Crippen LogP contribution in [-0.4, -0.2) is 25.0 Å². The Kier molecular flexibility index (Phi) is 5.32. The molecule has 2 atom stereocenters. The van der Waals surface area contributed by atoms with Crippen LogP contribution in [0.5, 0.6) is 0 Å². The molecule has 0 heterocycles. The fraction of sp³-hybridized carbons (Fsp3) is 0.385. The average Bonchev–Trinajstić information content (AvgIpc) is 2.39. The lowest BCUT2D eigenvalue weighted by molar-refractivity contribution is -0.119. The Labute approximate surface area is 112 Å². The summed E-state index contributed by atoms with van der Waals surface area (Å²) >= 11 is 0. The second-order valence-corrected chi connectivity index (χ2v) is 4.42. The highest BCUT2D eigenvalue weighted by Crippen LogP contribution is 2.14. The van der Waals surface area contributed by atoms with Crippen LogP contribution in [0.3, 0.4) is 0 Å². The van der Waals surface area contributed by atoms with Crippen molar-refractivity contribution in [1.82, 2.24) is 5.32 Å². The third-order valence-corrected chi connectivity index (χ3v) is 2.84. The number of rotatable bonds is 4. The molecule has 0 radical (unpaired) electrons. The van der Waals surface area contributed by atoms with Crippen LogP contribution in [-0.2, 0) is 4.79 Å². The fourth-order valence-electron chi connectivity index (χ4n) is 1.33. The van der Waals surface area contributed by atoms with E-state index in [1.807, 2.05) is 0 Å². The van der Waals surface area contributed by atoms with Crippen LogP contribution in [0.2, 0.25) is 0 Å². The highest BCUT2D eigenvalue weighted by molar-refractivity contribution is 5.93. The molecule has 0 aliphatic carbocycles. The summed E-state index contributed by atoms with van der Waals surface area (Å²) in [6.07, 6.45) is 0. The molecule has 5 N–H and O–H groups in total. The van der Waals surface area contributed by atoms with Crippen molar-refractivity contribution >= 4 is 23.3 Å². The number of nitrogens with one attached hydrogen (secondary N) is 3. The molecular weight excluding hydrogens is 244 g/mol. The molecule has 104 valence electrons. The van der Waals surface area contributed by atoms with Gasteiger partial charge >= 0.3 is 6.03 Å². The van der Waals surface area contributed by atoms with Gasteiger partial charge in [-0.25, -0.2) is 4.79 Å². The Bertz CT molecular complexity index is 442. The number of urea groups is 1. The van der Waals surface area contributed by atoms with Crippen LogP contribution in [0.25, 0.3) is 0 Å². The first-order valence-electron chi connectivity index (χ1n) is 6.09. The van der Waals surface area contributed by atoms with E-state index >= 15 is 0 Å². The number of hydrogen-bond acceptors (Lipinski definition) is 3. The quantitative estimate of drug-likeness (QED) is 0.661. The molecule has 0 aliphatic heterocycles. The summed E-state index contributed by atoms with van der Waals surface area (Å²) in [6, 6.07) is 6.37. The maximum absolute atomic E-state index is 11.8. The van der Waals surface area contributed by atoms with Gasteiger partial charge in [-0.3, -0.25) is 4.79 Å². The molecule has 0 aromatic heterocycles. The van der Waals surface area contributed by atoms with E-state index in [-0.39, 0.29) is 23.9 Å². The number of benzene rings is 1. The monoisotopic (exact) mass is 264 g/mol. The van der Waals surface area contributed by atoms with Crippen molar-refractivity contribution in [2.24, 2.45) is 11.7 Å². The number of anilines is 2. The highest BCUT2D eigenvalue weighted by atomic mass is 16.2. The van der Waals surface area contributed by atoms with Gasteiger partial charge in [0.25, 0.3) is 0 Å². The minimum absolute atomic E-state index is 0.123. The van der Waals surface area contributed by atoms with Gasteiger partial charge in [-0.15, -0.1) is 0 Å². The molecule has 2 unspecified atom stereocenters. The van der Waals surface area contributed by atoms with E-state index < -0.39 is 0 Å². The maximum Gasteiger partial charge on any atom is 0.318 e. The van der Waals surface area contributed by atoms with Gasteiger partial charge in [-0.05, 0) is 31.2 Å². The predicted molar refractivity (Wildman–Crippen MR) is 76.0 cm³/mol. The molecule has 1 aromatic carbocycles. The number of nitrogens with two attached hydrogens (primary N) is 1. The molecule has 0 fully saturated rings. The standard InChI is InChI=1S/C13H20N4O2/c1-8(9(2)14)12(18)16-10-4-6-11(7-5-10)17-13(19)15-3/h4-9H,14H2,1-3H3,(H,16,18)(H2,15,17,19). The third-order valence-electron chi connectivity index (χ3n) is 2.84. The molecule has 6 nitrogen and oxygen atoms in total. The van der Waals surface area contributed by atoms with E-state index in [0.717, 1.165) is 0 Å². The Morgan fingerprint density at radius 1 is 1.05 bits per heavy atom. The molecule has 0 spiro atoms. The summed E-state index contributed by atoms with van der Waals surface area (Å²) in [5, 5.41) is 7.85. The van der Waals surface area contributed by atoms with Gasteiger partial charge in [-0.1, -0.05) is 6.92 Å². The Morgan fingerprint density at radius 3 is 1.95 bits per heavy atom. The van der Waals surface area contributed by atoms with Gasteiger partial charge in [0.05, 0.1) is 5.92 Å². The van der Waals surface area contributed by atoms with Gasteiger partial charge in [0, 0.05) is 24.5 Å². The summed E-state index contributed by atoms with van der Waals surface area (Å²) in [5.74, 6) is -0.384. The van der Waals surface area contributed by atoms with Gasteiger partial charge in [0.2, 0.25) is 5.91 Å². The second kappa shape index (κ2) is 6.75. The van der Waals surface area contributed by atoms with Crippen LogP contribution in [0, 0.1) is 5.92 Å². The molecule has 6 heteroatoms. The smallest absolute Gasteiger partial charge is 0.318 e. The first-order chi connectivity index (χ1) is 8.93. The van der Waals surface area contributed by atoms with Crippen molar-refractivity contribution in [3.05, 3.63) is 24.3 Å². The van der Waals surface area contributed by atoms with E-state index in [0.29, 0.717) is 11.4 Å². The molecule has 1 aromatic rings. The molecule has 0 bridgehead atoms. The fourth-order valence-corrected chi connectivity index (χ4v) is 1.33. The van der Waals surface area contributed by atoms with Crippen molar-refractivity contribution in [2.45, 2.75) is 19.9 Å². The van der Waals surface area contributed by atoms with Gasteiger partial charge in [0.1, 0.15) is 0 Å². The van der Waals surface area contributed by atoms with E-state index in [4.69, 9.17) is 5.73 Å². The summed E-state index contributed by atoms with van der Waals surface area (Å²) in [7, 11) is 1.54. The second-order valence-electron chi connectivity index (χ2n) is 4.42. The van der Waals surface area contributed by atoms with Crippen LogP contribution in [0.15, 0.2) is 24.3 Å². The van der Waals surface area contributed by atoms with E-state index in [9.17, 15) is 9.59 Å². The van der Waals surface area contributed by atoms with Crippen molar-refractivity contribution < 1.29 is 9.59 Å². The van der Waals surface area contributed by atoms with E-state index in [1.165, 1.54) is 0 Å². The molecule has 0 aliphatic rings. The molecule has 19 heavy (non-hydrogen) atoms. The molecule has 3 amide bonds. The van der Waals surface area contributed by atoms with Crippen molar-refractivity contribution in [1.29, 1.82) is 0 Å². The van der Waals surface area contributed by atoms with Crippen LogP contribution in [0.1, 0.15) is 13.8 Å². The summed E-state index contributed by atoms with van der Waals surface area (Å²) in [6.45, 7) is 3.57. The third kappa shape index (κ3) is 4.59. The zero-order chi connectivity index (χ0) is 14.4. The lowest BCUT2D eigenvalue weighted by Crippen LogP contribution is -2.34. The van der Waals surface area contributed by atoms with Gasteiger partial charge in [0.15, 0.2) is 0 Å². The topological polar surface area (TPSA) is 96.2 Å². The van der Waals surface area contributed by atoms with Crippen LogP contribution in [0.4, 0.5) is 16.2 Å². The summed E-state index contributed by atoms with van der Waals surface area (Å²) < 4.78 is 0. The first kappa shape index (κ1) is 15.0. The minimum Gasteiger partial charge on any atom is -0.341 e. The van der Waals surface area contributed by atoms with Crippen LogP contribution >= 0.6 is 0 Å². The zero-order valence-corrected chi connectivity index (χ0v) is 11.4. The predicted octanol–water partition coefficient (Wildman–Crippen LogP) is 1.36. The SMILES string of the molecule is CNC(=O)Nc1ccc(NC(=O)C(C)C(C)N)cc1. The number of hydrogen-bond donors (Lipinski definition) is 4. The Hall–Kier alpha value is -2.08. The largest absolute Gasteiger partial charge is 0.341 e. The number of carbonyl (C=O) groups excluding carboxylic acids is 2. The van der Waals surface area contributed by atoms with Crippen molar-refractivity contribution in [3.63, 3.8) is 0 Å². The average molecular weight is 264 g/mol. The lowest BCUT2D eigenvalue weighted by atomic mass is 10.0. The summed E-state index contributed by atoms with van der Waals surface area (Å²) in [5.41, 5.74) is 6.99. The summed E-state index contributed by atoms with van der Waals surface area (Å²) in [4.78, 5) is 22.9. The normalized spacial score (nSPS) is 13.3. The molecule has 1 rings (SSSR count). The van der Waals surface area contributed by atoms with Crippen molar-refractivity contribution in [3.8, 4) is 0 Å².